The molecule has 0 saturated carbocycles. The van der Waals surface area contributed by atoms with E-state index in [0.717, 1.165) is 36.3 Å². The zero-order valence-corrected chi connectivity index (χ0v) is 21.8. The molecule has 1 aromatic heterocycles. The summed E-state index contributed by atoms with van der Waals surface area (Å²) in [6.45, 7) is 11.2. The molecule has 5 heteroatoms. The zero-order valence-electron chi connectivity index (χ0n) is 21.8. The van der Waals surface area contributed by atoms with E-state index in [4.69, 9.17) is 5.73 Å². The molecule has 0 fully saturated rings. The van der Waals surface area contributed by atoms with E-state index in [9.17, 15) is 4.79 Å². The Morgan fingerprint density at radius 2 is 1.76 bits per heavy atom. The molecule has 1 atom stereocenters. The van der Waals surface area contributed by atoms with Crippen LogP contribution in [0.3, 0.4) is 0 Å². The van der Waals surface area contributed by atoms with Crippen LogP contribution in [-0.4, -0.2) is 16.1 Å². The molecule has 1 heterocycles. The van der Waals surface area contributed by atoms with Crippen molar-refractivity contribution in [2.75, 3.05) is 11.9 Å². The van der Waals surface area contributed by atoms with E-state index >= 15 is 0 Å². The van der Waals surface area contributed by atoms with Gasteiger partial charge in [0, 0.05) is 24.5 Å². The number of benzene rings is 2. The third kappa shape index (κ3) is 7.29. The lowest BCUT2D eigenvalue weighted by molar-refractivity contribution is 0.441. The predicted molar refractivity (Wildman–Crippen MR) is 146 cm³/mol. The highest BCUT2D eigenvalue weighted by molar-refractivity contribution is 5.67. The van der Waals surface area contributed by atoms with Gasteiger partial charge in [-0.25, -0.2) is 4.98 Å². The summed E-state index contributed by atoms with van der Waals surface area (Å²) in [5, 5.41) is 3.22. The number of nitrogens with one attached hydrogen (secondary N) is 1. The Morgan fingerprint density at radius 1 is 1.06 bits per heavy atom. The molecular weight excluding hydrogens is 420 g/mol. The Morgan fingerprint density at radius 3 is 2.41 bits per heavy atom. The number of nitrogens with two attached hydrogens (primary N) is 1. The largest absolute Gasteiger partial charge is 0.336 e. The molecule has 2 aromatic carbocycles. The van der Waals surface area contributed by atoms with Crippen molar-refractivity contribution in [3.8, 4) is 11.3 Å². The molecular formula is C29H42N4O. The first-order valence-electron chi connectivity index (χ1n) is 12.6. The number of hydrogen-bond donors (Lipinski definition) is 2. The molecule has 3 aromatic rings. The van der Waals surface area contributed by atoms with Crippen LogP contribution in [0.1, 0.15) is 63.1 Å². The van der Waals surface area contributed by atoms with Gasteiger partial charge in [0.25, 0.3) is 5.56 Å². The molecule has 5 nitrogen and oxygen atoms in total. The fourth-order valence-electron chi connectivity index (χ4n) is 4.12. The van der Waals surface area contributed by atoms with Gasteiger partial charge in [0.2, 0.25) is 0 Å². The van der Waals surface area contributed by atoms with Crippen LogP contribution in [0.15, 0.2) is 53.5 Å². The fourth-order valence-corrected chi connectivity index (χ4v) is 4.12. The minimum atomic E-state index is -0.146. The highest BCUT2D eigenvalue weighted by Gasteiger charge is 2.12. The van der Waals surface area contributed by atoms with E-state index in [1.807, 2.05) is 38.1 Å². The first kappa shape index (κ1) is 27.3. The van der Waals surface area contributed by atoms with E-state index in [1.54, 1.807) is 17.8 Å². The Bertz CT molecular complexity index is 1090. The average molecular weight is 463 g/mol. The van der Waals surface area contributed by atoms with Crippen LogP contribution in [0.25, 0.3) is 11.3 Å². The van der Waals surface area contributed by atoms with Crippen molar-refractivity contribution in [1.29, 1.82) is 0 Å². The lowest BCUT2D eigenvalue weighted by Gasteiger charge is -2.14. The lowest BCUT2D eigenvalue weighted by Crippen LogP contribution is -2.21. The second kappa shape index (κ2) is 13.7. The van der Waals surface area contributed by atoms with Crippen LogP contribution in [0.2, 0.25) is 0 Å². The van der Waals surface area contributed by atoms with E-state index in [2.05, 4.69) is 49.3 Å². The standard InChI is InChI=1S/C27H36N4O.C2H6/c1-5-8-22(17-28)11-7-10-21-13-15-23(16-14-21)29-26-27(32)31(4)18-25(30-26)24-12-6-9-19(2)20(24)3;1-2/h6,9,12-16,18,22H,5,7-8,10-11,17,28H2,1-4H3,(H,29,30);1-2H3. The zero-order chi connectivity index (χ0) is 25.1. The molecule has 0 aliphatic rings. The summed E-state index contributed by atoms with van der Waals surface area (Å²) in [4.78, 5) is 17.4. The Hall–Kier alpha value is -2.92. The molecule has 184 valence electrons. The fraction of sp³-hybridized carbons (Fsp3) is 0.448. The number of aromatic nitrogens is 2. The van der Waals surface area contributed by atoms with Crippen LogP contribution in [0.5, 0.6) is 0 Å². The normalized spacial score (nSPS) is 11.5. The minimum absolute atomic E-state index is 0.146. The van der Waals surface area contributed by atoms with Gasteiger partial charge in [0.1, 0.15) is 0 Å². The van der Waals surface area contributed by atoms with Gasteiger partial charge in [-0.05, 0) is 80.8 Å². The lowest BCUT2D eigenvalue weighted by atomic mass is 9.96. The molecule has 0 spiro atoms. The Kier molecular flexibility index (Phi) is 11.0. The maximum absolute atomic E-state index is 12.7. The van der Waals surface area contributed by atoms with E-state index in [1.165, 1.54) is 36.0 Å². The van der Waals surface area contributed by atoms with Gasteiger partial charge in [-0.1, -0.05) is 57.5 Å². The van der Waals surface area contributed by atoms with Crippen LogP contribution in [0, 0.1) is 19.8 Å². The van der Waals surface area contributed by atoms with Gasteiger partial charge in [0.05, 0.1) is 5.69 Å². The van der Waals surface area contributed by atoms with Crippen molar-refractivity contribution in [1.82, 2.24) is 9.55 Å². The van der Waals surface area contributed by atoms with Crippen molar-refractivity contribution in [3.63, 3.8) is 0 Å². The molecule has 0 bridgehead atoms. The predicted octanol–water partition coefficient (Wildman–Crippen LogP) is 6.53. The SMILES string of the molecule is CC.CCCC(CN)CCCc1ccc(Nc2nc(-c3cccc(C)c3C)cn(C)c2=O)cc1. The summed E-state index contributed by atoms with van der Waals surface area (Å²) < 4.78 is 1.59. The summed E-state index contributed by atoms with van der Waals surface area (Å²) in [5.74, 6) is 0.969. The molecule has 0 aliphatic heterocycles. The van der Waals surface area contributed by atoms with Crippen LogP contribution in [-0.2, 0) is 13.5 Å². The van der Waals surface area contributed by atoms with E-state index < -0.39 is 0 Å². The number of aryl methyl sites for hydroxylation is 3. The summed E-state index contributed by atoms with van der Waals surface area (Å²) >= 11 is 0. The van der Waals surface area contributed by atoms with Crippen LogP contribution < -0.4 is 16.6 Å². The molecule has 0 radical (unpaired) electrons. The van der Waals surface area contributed by atoms with E-state index in [-0.39, 0.29) is 5.56 Å². The highest BCUT2D eigenvalue weighted by Crippen LogP contribution is 2.25. The smallest absolute Gasteiger partial charge is 0.293 e. The van der Waals surface area contributed by atoms with Crippen molar-refractivity contribution < 1.29 is 0 Å². The van der Waals surface area contributed by atoms with Crippen LogP contribution >= 0.6 is 0 Å². The summed E-state index contributed by atoms with van der Waals surface area (Å²) in [5.41, 5.74) is 12.1. The average Bonchev–Trinajstić information content (AvgIpc) is 2.85. The Labute approximate surface area is 205 Å². The Balaban J connectivity index is 0.00000199. The van der Waals surface area contributed by atoms with Gasteiger partial charge < -0.3 is 15.6 Å². The summed E-state index contributed by atoms with van der Waals surface area (Å²) in [6, 6.07) is 14.4. The highest BCUT2D eigenvalue weighted by atomic mass is 16.1. The molecule has 3 rings (SSSR count). The topological polar surface area (TPSA) is 72.9 Å². The maximum atomic E-state index is 12.7. The second-order valence-corrected chi connectivity index (χ2v) is 8.74. The monoisotopic (exact) mass is 462 g/mol. The molecule has 0 amide bonds. The van der Waals surface area contributed by atoms with Crippen molar-refractivity contribution in [2.24, 2.45) is 18.7 Å². The molecule has 1 unspecified atom stereocenters. The molecule has 3 N–H and O–H groups in total. The minimum Gasteiger partial charge on any atom is -0.336 e. The van der Waals surface area contributed by atoms with Gasteiger partial charge in [-0.3, -0.25) is 4.79 Å². The van der Waals surface area contributed by atoms with Crippen LogP contribution in [0.4, 0.5) is 11.5 Å². The van der Waals surface area contributed by atoms with E-state index in [0.29, 0.717) is 11.7 Å². The summed E-state index contributed by atoms with van der Waals surface area (Å²) in [7, 11) is 1.76. The maximum Gasteiger partial charge on any atom is 0.293 e. The van der Waals surface area contributed by atoms with Crippen molar-refractivity contribution >= 4 is 11.5 Å². The first-order valence-corrected chi connectivity index (χ1v) is 12.6. The molecule has 34 heavy (non-hydrogen) atoms. The quantitative estimate of drug-likeness (QED) is 0.359. The first-order chi connectivity index (χ1) is 16.4. The number of nitrogens with zero attached hydrogens (tertiary/aromatic N) is 2. The number of rotatable bonds is 10. The third-order valence-corrected chi connectivity index (χ3v) is 6.28. The molecule has 0 saturated heterocycles. The van der Waals surface area contributed by atoms with Crippen molar-refractivity contribution in [3.05, 3.63) is 75.7 Å². The van der Waals surface area contributed by atoms with Gasteiger partial charge in [-0.2, -0.15) is 0 Å². The van der Waals surface area contributed by atoms with Gasteiger partial charge >= 0.3 is 0 Å². The van der Waals surface area contributed by atoms with Gasteiger partial charge in [0.15, 0.2) is 5.82 Å². The number of anilines is 2. The second-order valence-electron chi connectivity index (χ2n) is 8.74. The molecule has 0 aliphatic carbocycles. The van der Waals surface area contributed by atoms with Crippen molar-refractivity contribution in [2.45, 2.75) is 66.7 Å². The van der Waals surface area contributed by atoms with Gasteiger partial charge in [-0.15, -0.1) is 0 Å². The third-order valence-electron chi connectivity index (χ3n) is 6.28. The number of hydrogen-bond acceptors (Lipinski definition) is 4. The summed E-state index contributed by atoms with van der Waals surface area (Å²) in [6.07, 6.45) is 7.57.